The molecule has 2 unspecified atom stereocenters. The Hall–Kier alpha value is -2.67. The van der Waals surface area contributed by atoms with Crippen LogP contribution in [-0.4, -0.2) is 47.8 Å². The van der Waals surface area contributed by atoms with Gasteiger partial charge in [-0.2, -0.15) is 16.6 Å². The smallest absolute Gasteiger partial charge is 0.409 e. The molecule has 4 rings (SSSR count). The molecule has 31 heavy (non-hydrogen) atoms. The van der Waals surface area contributed by atoms with E-state index >= 15 is 0 Å². The van der Waals surface area contributed by atoms with Gasteiger partial charge < -0.3 is 20.1 Å². The Morgan fingerprint density at radius 2 is 2.29 bits per heavy atom. The molecule has 1 aliphatic carbocycles. The number of carbonyl (C=O) groups excluding carboxylic acids is 2. The fraction of sp³-hybridized carbons (Fsp3) is 0.409. The molecule has 2 amide bonds. The van der Waals surface area contributed by atoms with Crippen LogP contribution >= 0.6 is 22.7 Å². The number of anilines is 1. The van der Waals surface area contributed by atoms with E-state index in [0.717, 1.165) is 28.8 Å². The minimum atomic E-state index is -0.464. The number of nitrogens with one attached hydrogen (secondary N) is 1. The van der Waals surface area contributed by atoms with Gasteiger partial charge in [-0.1, -0.05) is 0 Å². The zero-order valence-electron chi connectivity index (χ0n) is 16.9. The summed E-state index contributed by atoms with van der Waals surface area (Å²) >= 11 is 2.99. The second-order valence-corrected chi connectivity index (χ2v) is 9.66. The molecule has 162 valence electrons. The summed E-state index contributed by atoms with van der Waals surface area (Å²) in [5.74, 6) is -0.0872. The molecule has 0 radical (unpaired) electrons. The van der Waals surface area contributed by atoms with Gasteiger partial charge in [-0.15, -0.1) is 11.3 Å². The predicted molar refractivity (Wildman–Crippen MR) is 120 cm³/mol. The Kier molecular flexibility index (Phi) is 6.70. The van der Waals surface area contributed by atoms with Gasteiger partial charge in [0, 0.05) is 24.0 Å². The number of hydrogen-bond acceptors (Lipinski definition) is 7. The lowest BCUT2D eigenvalue weighted by molar-refractivity contribution is -0.111. The number of fused-ring (bicyclic) bond motifs is 1. The Bertz CT molecular complexity index is 1020. The van der Waals surface area contributed by atoms with Crippen molar-refractivity contribution in [2.75, 3.05) is 25.0 Å². The van der Waals surface area contributed by atoms with Gasteiger partial charge in [0.25, 0.3) is 0 Å². The number of aliphatic hydroxyl groups is 1. The summed E-state index contributed by atoms with van der Waals surface area (Å²) < 4.78 is 5.46. The van der Waals surface area contributed by atoms with Crippen LogP contribution in [0.5, 0.6) is 0 Å². The third-order valence-electron chi connectivity index (χ3n) is 5.55. The molecule has 2 aromatic rings. The van der Waals surface area contributed by atoms with Crippen molar-refractivity contribution in [2.45, 2.75) is 31.8 Å². The zero-order valence-corrected chi connectivity index (χ0v) is 18.5. The summed E-state index contributed by atoms with van der Waals surface area (Å²) in [5, 5.41) is 26.5. The second kappa shape index (κ2) is 9.64. The van der Waals surface area contributed by atoms with Gasteiger partial charge in [-0.25, -0.2) is 4.79 Å². The minimum absolute atomic E-state index is 0.177. The number of hydrogen-bond donors (Lipinski definition) is 2. The van der Waals surface area contributed by atoms with Crippen LogP contribution in [-0.2, 0) is 22.4 Å². The second-order valence-electron chi connectivity index (χ2n) is 7.77. The molecule has 1 fully saturated rings. The van der Waals surface area contributed by atoms with Crippen molar-refractivity contribution in [3.8, 4) is 6.07 Å². The fourth-order valence-corrected chi connectivity index (χ4v) is 5.83. The number of nitriles is 1. The normalized spacial score (nSPS) is 20.5. The molecule has 1 aliphatic heterocycles. The number of β-amino-alcohol motifs (C(OH)–C–C–N with tert-alkyl or cyclic N) is 1. The third-order valence-corrected chi connectivity index (χ3v) is 7.42. The SMILES string of the molecule is N#Cc1c(NC(=O)C=Cc2ccsc2)sc2c1CCC(COC(=O)N1CCC(O)C1)C2. The van der Waals surface area contributed by atoms with E-state index in [0.29, 0.717) is 43.1 Å². The number of amides is 2. The Labute approximate surface area is 188 Å². The van der Waals surface area contributed by atoms with E-state index in [1.807, 2.05) is 16.8 Å². The number of aliphatic hydroxyl groups excluding tert-OH is 1. The molecule has 3 heterocycles. The number of ether oxygens (including phenoxy) is 1. The van der Waals surface area contributed by atoms with Crippen molar-refractivity contribution in [1.29, 1.82) is 5.26 Å². The van der Waals surface area contributed by atoms with Gasteiger partial charge in [0.2, 0.25) is 5.91 Å². The van der Waals surface area contributed by atoms with E-state index < -0.39 is 6.10 Å². The van der Waals surface area contributed by atoms with E-state index in [2.05, 4.69) is 11.4 Å². The monoisotopic (exact) mass is 457 g/mol. The van der Waals surface area contributed by atoms with Crippen molar-refractivity contribution >= 4 is 45.8 Å². The first-order valence-electron chi connectivity index (χ1n) is 10.2. The number of likely N-dealkylation sites (tertiary alicyclic amines) is 1. The summed E-state index contributed by atoms with van der Waals surface area (Å²) in [4.78, 5) is 27.1. The lowest BCUT2D eigenvalue weighted by Gasteiger charge is -2.23. The molecule has 2 aliphatic rings. The highest BCUT2D eigenvalue weighted by atomic mass is 32.1. The molecule has 7 nitrogen and oxygen atoms in total. The van der Waals surface area contributed by atoms with Gasteiger partial charge in [0.1, 0.15) is 11.1 Å². The van der Waals surface area contributed by atoms with Gasteiger partial charge in [0.15, 0.2) is 0 Å². The number of carbonyl (C=O) groups is 2. The van der Waals surface area contributed by atoms with Crippen LogP contribution in [0.1, 0.15) is 34.4 Å². The first-order chi connectivity index (χ1) is 15.0. The molecular formula is C22H23N3O4S2. The third kappa shape index (κ3) is 5.15. The number of thiophene rings is 2. The van der Waals surface area contributed by atoms with Crippen molar-refractivity contribution in [3.63, 3.8) is 0 Å². The van der Waals surface area contributed by atoms with Crippen LogP contribution in [0.15, 0.2) is 22.9 Å². The summed E-state index contributed by atoms with van der Waals surface area (Å²) in [6, 6.07) is 4.17. The highest BCUT2D eigenvalue weighted by Crippen LogP contribution is 2.39. The molecule has 2 aromatic heterocycles. The van der Waals surface area contributed by atoms with Crippen LogP contribution < -0.4 is 5.32 Å². The topological polar surface area (TPSA) is 103 Å². The van der Waals surface area contributed by atoms with Crippen LogP contribution in [0, 0.1) is 17.2 Å². The van der Waals surface area contributed by atoms with E-state index in [1.165, 1.54) is 22.3 Å². The number of nitrogens with zero attached hydrogens (tertiary/aromatic N) is 2. The summed E-state index contributed by atoms with van der Waals surface area (Å²) in [5.41, 5.74) is 2.50. The molecule has 0 aromatic carbocycles. The van der Waals surface area contributed by atoms with E-state index in [9.17, 15) is 20.0 Å². The van der Waals surface area contributed by atoms with Gasteiger partial charge in [-0.05, 0) is 65.6 Å². The van der Waals surface area contributed by atoms with Crippen LogP contribution in [0.25, 0.3) is 6.08 Å². The summed E-state index contributed by atoms with van der Waals surface area (Å²) in [7, 11) is 0. The van der Waals surface area contributed by atoms with Crippen molar-refractivity contribution < 1.29 is 19.4 Å². The van der Waals surface area contributed by atoms with Crippen LogP contribution in [0.4, 0.5) is 9.80 Å². The van der Waals surface area contributed by atoms with Gasteiger partial charge in [0.05, 0.1) is 18.3 Å². The fourth-order valence-electron chi connectivity index (χ4n) is 3.89. The largest absolute Gasteiger partial charge is 0.449 e. The van der Waals surface area contributed by atoms with Gasteiger partial charge in [-0.3, -0.25) is 4.79 Å². The molecule has 2 N–H and O–H groups in total. The molecule has 0 saturated carbocycles. The van der Waals surface area contributed by atoms with Crippen molar-refractivity contribution in [3.05, 3.63) is 44.5 Å². The zero-order chi connectivity index (χ0) is 21.8. The molecule has 2 atom stereocenters. The first-order valence-corrected chi connectivity index (χ1v) is 11.9. The summed E-state index contributed by atoms with van der Waals surface area (Å²) in [6.07, 6.45) is 5.22. The summed E-state index contributed by atoms with van der Waals surface area (Å²) in [6.45, 7) is 1.17. The molecule has 9 heteroatoms. The highest BCUT2D eigenvalue weighted by Gasteiger charge is 2.29. The molecule has 1 saturated heterocycles. The molecule has 0 spiro atoms. The maximum Gasteiger partial charge on any atom is 0.409 e. The van der Waals surface area contributed by atoms with Gasteiger partial charge >= 0.3 is 6.09 Å². The Morgan fingerprint density at radius 3 is 3.00 bits per heavy atom. The lowest BCUT2D eigenvalue weighted by Crippen LogP contribution is -2.32. The average molecular weight is 458 g/mol. The Morgan fingerprint density at radius 1 is 1.42 bits per heavy atom. The standard InChI is InChI=1S/C22H23N3O4S2/c23-10-18-17-3-1-15(12-29-22(28)25-7-5-16(26)11-25)9-19(17)31-21(18)24-20(27)4-2-14-6-8-30-13-14/h2,4,6,8,13,15-16,26H,1,3,5,7,9,11-12H2,(H,24,27). The maximum absolute atomic E-state index is 12.3. The van der Waals surface area contributed by atoms with Crippen molar-refractivity contribution in [1.82, 2.24) is 4.90 Å². The molecular weight excluding hydrogens is 434 g/mol. The van der Waals surface area contributed by atoms with E-state index in [-0.39, 0.29) is 17.9 Å². The minimum Gasteiger partial charge on any atom is -0.449 e. The Balaban J connectivity index is 1.36. The van der Waals surface area contributed by atoms with E-state index in [1.54, 1.807) is 17.4 Å². The average Bonchev–Trinajstić information content (AvgIpc) is 3.50. The molecule has 0 bridgehead atoms. The van der Waals surface area contributed by atoms with Crippen molar-refractivity contribution in [2.24, 2.45) is 5.92 Å². The quantitative estimate of drug-likeness (QED) is 0.668. The van der Waals surface area contributed by atoms with Crippen LogP contribution in [0.3, 0.4) is 0 Å². The first kappa shape index (κ1) is 21.6. The van der Waals surface area contributed by atoms with Crippen LogP contribution in [0.2, 0.25) is 0 Å². The number of rotatable bonds is 5. The van der Waals surface area contributed by atoms with E-state index in [4.69, 9.17) is 4.74 Å². The predicted octanol–water partition coefficient (Wildman–Crippen LogP) is 3.64. The lowest BCUT2D eigenvalue weighted by atomic mass is 9.88. The highest BCUT2D eigenvalue weighted by molar-refractivity contribution is 7.16. The maximum atomic E-state index is 12.3.